The Labute approximate surface area is 120 Å². The van der Waals surface area contributed by atoms with Crippen molar-refractivity contribution in [2.75, 3.05) is 7.05 Å². The van der Waals surface area contributed by atoms with Gasteiger partial charge < -0.3 is 9.64 Å². The number of rotatable bonds is 1. The van der Waals surface area contributed by atoms with E-state index in [4.69, 9.17) is 11.3 Å². The maximum Gasteiger partial charge on any atom is 0.410 e. The van der Waals surface area contributed by atoms with Crippen molar-refractivity contribution >= 4 is 11.8 Å². The molecule has 0 unspecified atom stereocenters. The quantitative estimate of drug-likeness (QED) is 0.721. The zero-order valence-electron chi connectivity index (χ0n) is 12.4. The molecule has 1 amide bonds. The number of hydrogen-bond acceptors (Lipinski definition) is 2. The highest BCUT2D eigenvalue weighted by molar-refractivity contribution is 5.69. The molecule has 0 N–H and O–H groups in total. The van der Waals surface area contributed by atoms with Gasteiger partial charge in [0.2, 0.25) is 0 Å². The van der Waals surface area contributed by atoms with Crippen LogP contribution in [0.5, 0.6) is 0 Å². The van der Waals surface area contributed by atoms with Crippen LogP contribution in [0, 0.1) is 6.57 Å². The molecule has 20 heavy (non-hydrogen) atoms. The van der Waals surface area contributed by atoms with Crippen molar-refractivity contribution in [2.24, 2.45) is 0 Å². The molecule has 1 aliphatic rings. The Morgan fingerprint density at radius 2 is 2.15 bits per heavy atom. The van der Waals surface area contributed by atoms with E-state index in [1.807, 2.05) is 39.0 Å². The van der Waals surface area contributed by atoms with Crippen LogP contribution >= 0.6 is 0 Å². The van der Waals surface area contributed by atoms with E-state index < -0.39 is 5.60 Å². The minimum Gasteiger partial charge on any atom is -0.444 e. The van der Waals surface area contributed by atoms with Crippen LogP contribution in [0.1, 0.15) is 44.4 Å². The summed E-state index contributed by atoms with van der Waals surface area (Å²) < 4.78 is 5.41. The molecule has 4 nitrogen and oxygen atoms in total. The molecule has 0 radical (unpaired) electrons. The number of nitrogens with zero attached hydrogens (tertiary/aromatic N) is 2. The Bertz CT molecular complexity index is 567. The van der Waals surface area contributed by atoms with Gasteiger partial charge in [-0.05, 0) is 44.7 Å². The molecule has 1 aromatic rings. The van der Waals surface area contributed by atoms with E-state index in [0.717, 1.165) is 24.0 Å². The van der Waals surface area contributed by atoms with Gasteiger partial charge in [0.25, 0.3) is 0 Å². The second-order valence-corrected chi connectivity index (χ2v) is 6.10. The second-order valence-electron chi connectivity index (χ2n) is 6.10. The first-order valence-corrected chi connectivity index (χ1v) is 6.78. The third kappa shape index (κ3) is 2.77. The van der Waals surface area contributed by atoms with Crippen molar-refractivity contribution in [3.63, 3.8) is 0 Å². The summed E-state index contributed by atoms with van der Waals surface area (Å²) in [7, 11) is 1.76. The molecule has 0 aliphatic heterocycles. The standard InChI is InChI=1S/C16H20N2O2/c1-16(2,3)20-15(19)18(5)14-10-9-11-12(14)7-6-8-13(11)17-4/h6-8,14H,9-10H2,1-3,5H3/t14-/m1/s1. The van der Waals surface area contributed by atoms with Crippen molar-refractivity contribution in [3.05, 3.63) is 40.7 Å². The van der Waals surface area contributed by atoms with E-state index in [1.165, 1.54) is 0 Å². The Morgan fingerprint density at radius 1 is 1.45 bits per heavy atom. The predicted octanol–water partition coefficient (Wildman–Crippen LogP) is 4.09. The molecular formula is C16H20N2O2. The minimum atomic E-state index is -0.495. The molecule has 0 heterocycles. The molecule has 1 aromatic carbocycles. The lowest BCUT2D eigenvalue weighted by Gasteiger charge is -2.29. The highest BCUT2D eigenvalue weighted by atomic mass is 16.6. The highest BCUT2D eigenvalue weighted by Gasteiger charge is 2.32. The molecule has 4 heteroatoms. The van der Waals surface area contributed by atoms with Crippen LogP contribution in [0.15, 0.2) is 18.2 Å². The van der Waals surface area contributed by atoms with E-state index in [1.54, 1.807) is 11.9 Å². The van der Waals surface area contributed by atoms with Crippen molar-refractivity contribution in [1.29, 1.82) is 0 Å². The van der Waals surface area contributed by atoms with E-state index in [2.05, 4.69) is 4.85 Å². The minimum absolute atomic E-state index is 0.00144. The number of fused-ring (bicyclic) bond motifs is 1. The summed E-state index contributed by atoms with van der Waals surface area (Å²) in [6, 6.07) is 5.72. The number of hydrogen-bond donors (Lipinski definition) is 0. The summed E-state index contributed by atoms with van der Waals surface area (Å²) in [5.74, 6) is 0. The molecule has 0 aromatic heterocycles. The van der Waals surface area contributed by atoms with Crippen molar-refractivity contribution in [1.82, 2.24) is 4.90 Å². The maximum absolute atomic E-state index is 12.2. The summed E-state index contributed by atoms with van der Waals surface area (Å²) in [4.78, 5) is 17.4. The van der Waals surface area contributed by atoms with Gasteiger partial charge in [-0.25, -0.2) is 9.64 Å². The van der Waals surface area contributed by atoms with Crippen LogP contribution < -0.4 is 0 Å². The maximum atomic E-state index is 12.2. The topological polar surface area (TPSA) is 33.9 Å². The van der Waals surface area contributed by atoms with Crippen molar-refractivity contribution < 1.29 is 9.53 Å². The lowest BCUT2D eigenvalue weighted by molar-refractivity contribution is 0.0220. The first-order valence-electron chi connectivity index (χ1n) is 6.78. The SMILES string of the molecule is [C-]#[N+]c1cccc2c1CC[C@H]2N(C)C(=O)OC(C)(C)C. The lowest BCUT2D eigenvalue weighted by Crippen LogP contribution is -2.36. The summed E-state index contributed by atoms with van der Waals surface area (Å²) in [6.45, 7) is 12.8. The molecule has 0 saturated heterocycles. The Hall–Kier alpha value is -2.02. The third-order valence-electron chi connectivity index (χ3n) is 3.48. The van der Waals surface area contributed by atoms with Crippen molar-refractivity contribution in [3.8, 4) is 0 Å². The zero-order chi connectivity index (χ0) is 14.9. The fourth-order valence-corrected chi connectivity index (χ4v) is 2.58. The Balaban J connectivity index is 2.22. The highest BCUT2D eigenvalue weighted by Crippen LogP contribution is 2.40. The van der Waals surface area contributed by atoms with E-state index >= 15 is 0 Å². The fourth-order valence-electron chi connectivity index (χ4n) is 2.58. The molecule has 0 bridgehead atoms. The van der Waals surface area contributed by atoms with Crippen LogP contribution in [0.4, 0.5) is 10.5 Å². The summed E-state index contributed by atoms with van der Waals surface area (Å²) in [5, 5.41) is 0. The number of amides is 1. The predicted molar refractivity (Wildman–Crippen MR) is 77.8 cm³/mol. The molecule has 1 aliphatic carbocycles. The Morgan fingerprint density at radius 3 is 2.75 bits per heavy atom. The molecule has 0 fully saturated rings. The van der Waals surface area contributed by atoms with Gasteiger partial charge in [-0.3, -0.25) is 0 Å². The van der Waals surface area contributed by atoms with Gasteiger partial charge in [-0.15, -0.1) is 0 Å². The van der Waals surface area contributed by atoms with Crippen molar-refractivity contribution in [2.45, 2.75) is 45.3 Å². The number of carbonyl (C=O) groups is 1. The van der Waals surface area contributed by atoms with Gasteiger partial charge in [0, 0.05) is 7.05 Å². The summed E-state index contributed by atoms with van der Waals surface area (Å²) in [5.41, 5.74) is 2.35. The van der Waals surface area contributed by atoms with Gasteiger partial charge in [0.05, 0.1) is 12.6 Å². The molecule has 106 valence electrons. The fraction of sp³-hybridized carbons (Fsp3) is 0.500. The van der Waals surface area contributed by atoms with Crippen LogP contribution in [0.3, 0.4) is 0 Å². The van der Waals surface area contributed by atoms with Crippen LogP contribution in [-0.4, -0.2) is 23.6 Å². The lowest BCUT2D eigenvalue weighted by atomic mass is 10.1. The summed E-state index contributed by atoms with van der Waals surface area (Å²) >= 11 is 0. The molecule has 0 saturated carbocycles. The third-order valence-corrected chi connectivity index (χ3v) is 3.48. The number of ether oxygens (including phenoxy) is 1. The van der Waals surface area contributed by atoms with Gasteiger partial charge in [0.1, 0.15) is 5.60 Å². The van der Waals surface area contributed by atoms with Crippen LogP contribution in [-0.2, 0) is 11.2 Å². The number of benzene rings is 1. The van der Waals surface area contributed by atoms with E-state index in [0.29, 0.717) is 5.69 Å². The first kappa shape index (κ1) is 14.4. The van der Waals surface area contributed by atoms with Gasteiger partial charge in [0.15, 0.2) is 5.69 Å². The zero-order valence-corrected chi connectivity index (χ0v) is 12.4. The molecule has 1 atom stereocenters. The average Bonchev–Trinajstić information content (AvgIpc) is 2.79. The molecule has 2 rings (SSSR count). The average molecular weight is 272 g/mol. The smallest absolute Gasteiger partial charge is 0.410 e. The number of carbonyl (C=O) groups excluding carboxylic acids is 1. The van der Waals surface area contributed by atoms with Crippen LogP contribution in [0.2, 0.25) is 0 Å². The first-order chi connectivity index (χ1) is 9.33. The van der Waals surface area contributed by atoms with E-state index in [9.17, 15) is 4.79 Å². The Kier molecular flexibility index (Phi) is 3.71. The second kappa shape index (κ2) is 5.16. The van der Waals surface area contributed by atoms with E-state index in [-0.39, 0.29) is 12.1 Å². The van der Waals surface area contributed by atoms with Gasteiger partial charge >= 0.3 is 6.09 Å². The largest absolute Gasteiger partial charge is 0.444 e. The summed E-state index contributed by atoms with van der Waals surface area (Å²) in [6.07, 6.45) is 1.37. The molecule has 0 spiro atoms. The normalized spacial score (nSPS) is 17.2. The van der Waals surface area contributed by atoms with Gasteiger partial charge in [-0.2, -0.15) is 0 Å². The molecular weight excluding hydrogens is 252 g/mol. The van der Waals surface area contributed by atoms with Gasteiger partial charge in [-0.1, -0.05) is 18.2 Å². The van der Waals surface area contributed by atoms with Crippen LogP contribution in [0.25, 0.3) is 4.85 Å². The monoisotopic (exact) mass is 272 g/mol.